The van der Waals surface area contributed by atoms with Crippen LogP contribution in [0, 0.1) is 6.92 Å². The van der Waals surface area contributed by atoms with Gasteiger partial charge in [-0.3, -0.25) is 9.59 Å². The molecular formula is C21H24ClN3O2S. The van der Waals surface area contributed by atoms with Crippen molar-refractivity contribution in [2.45, 2.75) is 45.1 Å². The van der Waals surface area contributed by atoms with Crippen LogP contribution in [0.4, 0.5) is 0 Å². The Bertz CT molecular complexity index is 892. The number of rotatable bonds is 3. The number of amides is 2. The first-order chi connectivity index (χ1) is 13.5. The normalized spacial score (nSPS) is 19.9. The van der Waals surface area contributed by atoms with Gasteiger partial charge in [-0.05, 0) is 51.2 Å². The average molecular weight is 418 g/mol. The Kier molecular flexibility index (Phi) is 5.69. The number of likely N-dealkylation sites (tertiary alicyclic amines) is 2. The van der Waals surface area contributed by atoms with Crippen molar-refractivity contribution in [3.63, 3.8) is 0 Å². The highest BCUT2D eigenvalue weighted by atomic mass is 35.5. The molecule has 3 heterocycles. The van der Waals surface area contributed by atoms with E-state index in [4.69, 9.17) is 11.6 Å². The summed E-state index contributed by atoms with van der Waals surface area (Å²) in [6.07, 6.45) is 4.80. The Morgan fingerprint density at radius 2 is 1.89 bits per heavy atom. The SMILES string of the molecule is Cc1nc(-c2cccc(Cl)c2)sc1C(=O)N1CCCCC1C(=O)N1CCCC1. The molecule has 1 aromatic carbocycles. The molecule has 0 bridgehead atoms. The second kappa shape index (κ2) is 8.21. The van der Waals surface area contributed by atoms with Crippen LogP contribution in [0.2, 0.25) is 5.02 Å². The standard InChI is InChI=1S/C21H24ClN3O2S/c1-14-18(28-19(23-14)15-7-6-8-16(22)13-15)21(27)25-12-3-2-9-17(25)20(26)24-10-4-5-11-24/h6-8,13,17H,2-5,9-12H2,1H3. The van der Waals surface area contributed by atoms with Crippen molar-refractivity contribution in [2.75, 3.05) is 19.6 Å². The highest BCUT2D eigenvalue weighted by Gasteiger charge is 2.37. The quantitative estimate of drug-likeness (QED) is 0.744. The number of hydrogen-bond acceptors (Lipinski definition) is 4. The number of benzene rings is 1. The Labute approximate surface area is 174 Å². The molecule has 0 radical (unpaired) electrons. The summed E-state index contributed by atoms with van der Waals surface area (Å²) < 4.78 is 0. The molecule has 7 heteroatoms. The van der Waals surface area contributed by atoms with E-state index >= 15 is 0 Å². The molecule has 0 N–H and O–H groups in total. The summed E-state index contributed by atoms with van der Waals surface area (Å²) in [5.74, 6) is 0.0447. The number of aryl methyl sites for hydroxylation is 1. The lowest BCUT2D eigenvalue weighted by molar-refractivity contribution is -0.136. The maximum Gasteiger partial charge on any atom is 0.266 e. The number of nitrogens with zero attached hydrogens (tertiary/aromatic N) is 3. The molecule has 2 amide bonds. The predicted octanol–water partition coefficient (Wildman–Crippen LogP) is 4.39. The van der Waals surface area contributed by atoms with Crippen LogP contribution in [-0.4, -0.2) is 52.3 Å². The molecule has 1 unspecified atom stereocenters. The van der Waals surface area contributed by atoms with Crippen LogP contribution in [0.1, 0.15) is 47.5 Å². The summed E-state index contributed by atoms with van der Waals surface area (Å²) in [6, 6.07) is 7.16. The van der Waals surface area contributed by atoms with E-state index in [0.29, 0.717) is 22.1 Å². The van der Waals surface area contributed by atoms with Gasteiger partial charge in [-0.1, -0.05) is 23.7 Å². The van der Waals surface area contributed by atoms with Crippen LogP contribution >= 0.6 is 22.9 Å². The van der Waals surface area contributed by atoms with Crippen molar-refractivity contribution in [1.82, 2.24) is 14.8 Å². The summed E-state index contributed by atoms with van der Waals surface area (Å²) in [5.41, 5.74) is 1.62. The van der Waals surface area contributed by atoms with Gasteiger partial charge in [0.1, 0.15) is 15.9 Å². The minimum Gasteiger partial charge on any atom is -0.341 e. The van der Waals surface area contributed by atoms with E-state index < -0.39 is 0 Å². The van der Waals surface area contributed by atoms with E-state index in [2.05, 4.69) is 4.98 Å². The van der Waals surface area contributed by atoms with Gasteiger partial charge < -0.3 is 9.80 Å². The van der Waals surface area contributed by atoms with E-state index in [1.54, 1.807) is 4.90 Å². The van der Waals surface area contributed by atoms with Gasteiger partial charge in [-0.25, -0.2) is 4.98 Å². The minimum absolute atomic E-state index is 0.0690. The molecule has 2 aliphatic heterocycles. The first kappa shape index (κ1) is 19.4. The van der Waals surface area contributed by atoms with Crippen LogP contribution in [-0.2, 0) is 4.79 Å². The highest BCUT2D eigenvalue weighted by Crippen LogP contribution is 2.32. The zero-order valence-electron chi connectivity index (χ0n) is 16.0. The predicted molar refractivity (Wildman–Crippen MR) is 112 cm³/mol. The van der Waals surface area contributed by atoms with Crippen molar-refractivity contribution >= 4 is 34.8 Å². The number of carbonyl (C=O) groups is 2. The molecule has 0 spiro atoms. The molecule has 2 saturated heterocycles. The third-order valence-corrected chi connectivity index (χ3v) is 6.96. The van der Waals surface area contributed by atoms with Crippen LogP contribution < -0.4 is 0 Å². The molecule has 0 aliphatic carbocycles. The molecule has 28 heavy (non-hydrogen) atoms. The molecule has 4 rings (SSSR count). The summed E-state index contributed by atoms with van der Waals surface area (Å²) in [6.45, 7) is 4.12. The summed E-state index contributed by atoms with van der Waals surface area (Å²) in [7, 11) is 0. The molecule has 0 saturated carbocycles. The van der Waals surface area contributed by atoms with Crippen molar-refractivity contribution in [1.29, 1.82) is 0 Å². The van der Waals surface area contributed by atoms with E-state index in [1.165, 1.54) is 11.3 Å². The Morgan fingerprint density at radius 3 is 2.64 bits per heavy atom. The van der Waals surface area contributed by atoms with Gasteiger partial charge in [0, 0.05) is 30.2 Å². The third kappa shape index (κ3) is 3.80. The fourth-order valence-corrected chi connectivity index (χ4v) is 5.26. The van der Waals surface area contributed by atoms with E-state index in [1.807, 2.05) is 36.1 Å². The zero-order valence-corrected chi connectivity index (χ0v) is 17.6. The molecular weight excluding hydrogens is 394 g/mol. The van der Waals surface area contributed by atoms with Gasteiger partial charge in [0.25, 0.3) is 5.91 Å². The second-order valence-corrected chi connectivity index (χ2v) is 8.92. The van der Waals surface area contributed by atoms with Gasteiger partial charge in [0.2, 0.25) is 5.91 Å². The first-order valence-corrected chi connectivity index (χ1v) is 11.1. The lowest BCUT2D eigenvalue weighted by Crippen LogP contribution is -2.52. The summed E-state index contributed by atoms with van der Waals surface area (Å²) in [5, 5.41) is 1.42. The number of hydrogen-bond donors (Lipinski definition) is 0. The number of carbonyl (C=O) groups excluding carboxylic acids is 2. The lowest BCUT2D eigenvalue weighted by Gasteiger charge is -2.36. The Morgan fingerprint density at radius 1 is 1.14 bits per heavy atom. The summed E-state index contributed by atoms with van der Waals surface area (Å²) in [4.78, 5) is 35.3. The molecule has 2 aliphatic rings. The van der Waals surface area contributed by atoms with Gasteiger partial charge in [0.05, 0.1) is 5.69 Å². The molecule has 2 aromatic rings. The largest absolute Gasteiger partial charge is 0.341 e. The number of thiazole rings is 1. The molecule has 1 aromatic heterocycles. The second-order valence-electron chi connectivity index (χ2n) is 7.49. The maximum absolute atomic E-state index is 13.4. The first-order valence-electron chi connectivity index (χ1n) is 9.88. The number of aromatic nitrogens is 1. The zero-order chi connectivity index (χ0) is 19.7. The van der Waals surface area contributed by atoms with E-state index in [9.17, 15) is 9.59 Å². The van der Waals surface area contributed by atoms with Crippen molar-refractivity contribution in [2.24, 2.45) is 0 Å². The molecule has 148 valence electrons. The summed E-state index contributed by atoms with van der Waals surface area (Å²) >= 11 is 7.48. The van der Waals surface area contributed by atoms with Crippen LogP contribution in [0.25, 0.3) is 10.6 Å². The number of halogens is 1. The minimum atomic E-state index is -0.338. The van der Waals surface area contributed by atoms with E-state index in [-0.39, 0.29) is 17.9 Å². The van der Waals surface area contributed by atoms with Crippen molar-refractivity contribution in [3.8, 4) is 10.6 Å². The molecule has 2 fully saturated rings. The van der Waals surface area contributed by atoms with Crippen LogP contribution in [0.5, 0.6) is 0 Å². The van der Waals surface area contributed by atoms with Gasteiger partial charge in [0.15, 0.2) is 0 Å². The van der Waals surface area contributed by atoms with E-state index in [0.717, 1.165) is 55.8 Å². The fraction of sp³-hybridized carbons (Fsp3) is 0.476. The molecule has 5 nitrogen and oxygen atoms in total. The Balaban J connectivity index is 1.59. The van der Waals surface area contributed by atoms with Crippen molar-refractivity contribution in [3.05, 3.63) is 39.9 Å². The number of piperidine rings is 1. The topological polar surface area (TPSA) is 53.5 Å². The smallest absolute Gasteiger partial charge is 0.266 e. The van der Waals surface area contributed by atoms with Crippen molar-refractivity contribution < 1.29 is 9.59 Å². The van der Waals surface area contributed by atoms with Gasteiger partial charge in [-0.2, -0.15) is 0 Å². The van der Waals surface area contributed by atoms with Crippen LogP contribution in [0.15, 0.2) is 24.3 Å². The third-order valence-electron chi connectivity index (χ3n) is 5.53. The maximum atomic E-state index is 13.4. The van der Waals surface area contributed by atoms with Gasteiger partial charge in [-0.15, -0.1) is 11.3 Å². The van der Waals surface area contributed by atoms with Crippen LogP contribution in [0.3, 0.4) is 0 Å². The fourth-order valence-electron chi connectivity index (χ4n) is 4.05. The highest BCUT2D eigenvalue weighted by molar-refractivity contribution is 7.17. The Hall–Kier alpha value is -1.92. The average Bonchev–Trinajstić information content (AvgIpc) is 3.37. The molecule has 1 atom stereocenters. The van der Waals surface area contributed by atoms with Gasteiger partial charge >= 0.3 is 0 Å². The monoisotopic (exact) mass is 417 g/mol. The lowest BCUT2D eigenvalue weighted by atomic mass is 10.0.